The number of rotatable bonds is 0. The van der Waals surface area contributed by atoms with Crippen LogP contribution in [0.5, 0.6) is 0 Å². The topological polar surface area (TPSA) is 92.5 Å². The van der Waals surface area contributed by atoms with Crippen molar-refractivity contribution in [2.24, 2.45) is 0 Å². The molecule has 0 aliphatic rings. The van der Waals surface area contributed by atoms with Gasteiger partial charge in [-0.15, -0.1) is 0 Å². The molecular formula is CH7NNa2O3. The first kappa shape index (κ1) is 24.0. The van der Waals surface area contributed by atoms with Gasteiger partial charge in [-0.05, 0) is 0 Å². The molecule has 0 aromatic heterocycles. The summed E-state index contributed by atoms with van der Waals surface area (Å²) in [7, 11) is 0. The van der Waals surface area contributed by atoms with Crippen LogP contribution in [0.15, 0.2) is 0 Å². The first-order valence-corrected chi connectivity index (χ1v) is 0.651. The Morgan fingerprint density at radius 2 is 1.29 bits per heavy atom. The summed E-state index contributed by atoms with van der Waals surface area (Å²) in [5, 5.41) is 13.9. The van der Waals surface area contributed by atoms with Gasteiger partial charge in [0.05, 0.1) is 0 Å². The molecule has 0 saturated heterocycles. The SMILES string of the molecule is N.O=C(O)O.[H-].[H-].[Na+].[Na+]. The predicted octanol–water partition coefficient (Wildman–Crippen LogP) is -5.38. The van der Waals surface area contributed by atoms with Crippen LogP contribution >= 0.6 is 0 Å². The maximum Gasteiger partial charge on any atom is 1.00 e. The smallest absolute Gasteiger partial charge is 1.00 e. The summed E-state index contributed by atoms with van der Waals surface area (Å²) >= 11 is 0. The van der Waals surface area contributed by atoms with E-state index in [1.54, 1.807) is 0 Å². The zero-order valence-electron chi connectivity index (χ0n) is 6.51. The van der Waals surface area contributed by atoms with Crippen molar-refractivity contribution in [2.45, 2.75) is 0 Å². The quantitative estimate of drug-likeness (QED) is 0.283. The van der Waals surface area contributed by atoms with E-state index in [0.29, 0.717) is 0 Å². The Bertz CT molecular complexity index is 42.8. The molecule has 0 aliphatic carbocycles. The van der Waals surface area contributed by atoms with Crippen LogP contribution in [0.1, 0.15) is 2.85 Å². The summed E-state index contributed by atoms with van der Waals surface area (Å²) < 4.78 is 0. The molecule has 0 atom stereocenters. The van der Waals surface area contributed by atoms with E-state index < -0.39 is 6.16 Å². The zero-order valence-corrected chi connectivity index (χ0v) is 8.51. The Labute approximate surface area is 88.4 Å². The molecule has 7 heavy (non-hydrogen) atoms. The molecule has 36 valence electrons. The van der Waals surface area contributed by atoms with E-state index in [9.17, 15) is 0 Å². The van der Waals surface area contributed by atoms with Crippen LogP contribution < -0.4 is 65.3 Å². The molecule has 5 N–H and O–H groups in total. The fourth-order valence-electron chi connectivity index (χ4n) is 0. The summed E-state index contributed by atoms with van der Waals surface area (Å²) in [5.41, 5.74) is 0. The summed E-state index contributed by atoms with van der Waals surface area (Å²) in [6.45, 7) is 0. The van der Waals surface area contributed by atoms with Crippen molar-refractivity contribution in [3.8, 4) is 0 Å². The first-order valence-electron chi connectivity index (χ1n) is 0.651. The molecule has 0 fully saturated rings. The summed E-state index contributed by atoms with van der Waals surface area (Å²) in [5.74, 6) is 0. The molecule has 0 saturated carbocycles. The predicted molar refractivity (Wildman–Crippen MR) is 17.9 cm³/mol. The minimum Gasteiger partial charge on any atom is -1.00 e. The van der Waals surface area contributed by atoms with Gasteiger partial charge in [-0.25, -0.2) is 4.79 Å². The Kier molecular flexibility index (Phi) is 53.9. The first-order chi connectivity index (χ1) is 1.73. The Morgan fingerprint density at radius 3 is 1.29 bits per heavy atom. The third-order valence-electron chi connectivity index (χ3n) is 0. The van der Waals surface area contributed by atoms with Gasteiger partial charge in [-0.2, -0.15) is 0 Å². The van der Waals surface area contributed by atoms with Gasteiger partial charge < -0.3 is 19.2 Å². The van der Waals surface area contributed by atoms with E-state index in [1.165, 1.54) is 0 Å². The molecule has 0 bridgehead atoms. The summed E-state index contributed by atoms with van der Waals surface area (Å²) in [6, 6.07) is 0. The molecule has 0 amide bonds. The Hall–Kier alpha value is 1.23. The van der Waals surface area contributed by atoms with Crippen LogP contribution in [-0.2, 0) is 0 Å². The summed E-state index contributed by atoms with van der Waals surface area (Å²) in [4.78, 5) is 8.56. The fourth-order valence-corrected chi connectivity index (χ4v) is 0. The van der Waals surface area contributed by atoms with Gasteiger partial charge in [0.2, 0.25) is 0 Å². The van der Waals surface area contributed by atoms with Gasteiger partial charge in [0, 0.05) is 0 Å². The second-order valence-electron chi connectivity index (χ2n) is 0.283. The van der Waals surface area contributed by atoms with Crippen LogP contribution in [0.3, 0.4) is 0 Å². The van der Waals surface area contributed by atoms with Crippen molar-refractivity contribution in [1.82, 2.24) is 6.15 Å². The summed E-state index contributed by atoms with van der Waals surface area (Å²) in [6.07, 6.45) is -1.83. The molecule has 0 rings (SSSR count). The number of hydrogen-bond donors (Lipinski definition) is 3. The van der Waals surface area contributed by atoms with Crippen LogP contribution in [-0.4, -0.2) is 16.4 Å². The largest absolute Gasteiger partial charge is 1.00 e. The van der Waals surface area contributed by atoms with Gasteiger partial charge in [0.25, 0.3) is 0 Å². The standard InChI is InChI=1S/CH2O3.H3N.2Na.2H/c2-1(3)4;;;;;/h(H2,2,3,4);1H3;;;;/q;;2*+1;2*-1. The van der Waals surface area contributed by atoms with Crippen LogP contribution in [0.2, 0.25) is 0 Å². The molecule has 0 radical (unpaired) electrons. The van der Waals surface area contributed by atoms with Crippen molar-refractivity contribution in [1.29, 1.82) is 0 Å². The zero-order chi connectivity index (χ0) is 3.58. The van der Waals surface area contributed by atoms with E-state index in [0.717, 1.165) is 0 Å². The maximum absolute atomic E-state index is 8.56. The van der Waals surface area contributed by atoms with E-state index in [1.807, 2.05) is 0 Å². The normalized spacial score (nSPS) is 3.43. The molecular weight excluding hydrogens is 120 g/mol. The van der Waals surface area contributed by atoms with Gasteiger partial charge in [-0.1, -0.05) is 0 Å². The Morgan fingerprint density at radius 1 is 1.29 bits per heavy atom. The second-order valence-corrected chi connectivity index (χ2v) is 0.283. The molecule has 4 nitrogen and oxygen atoms in total. The van der Waals surface area contributed by atoms with Crippen molar-refractivity contribution in [3.63, 3.8) is 0 Å². The fraction of sp³-hybridized carbons (Fsp3) is 0. The molecule has 0 unspecified atom stereocenters. The van der Waals surface area contributed by atoms with Gasteiger partial charge in [-0.3, -0.25) is 0 Å². The van der Waals surface area contributed by atoms with Gasteiger partial charge in [0.1, 0.15) is 0 Å². The minimum atomic E-state index is -1.83. The van der Waals surface area contributed by atoms with Crippen molar-refractivity contribution < 1.29 is 77.0 Å². The van der Waals surface area contributed by atoms with Gasteiger partial charge >= 0.3 is 65.3 Å². The van der Waals surface area contributed by atoms with E-state index in [2.05, 4.69) is 0 Å². The molecule has 0 spiro atoms. The van der Waals surface area contributed by atoms with Crippen molar-refractivity contribution >= 4 is 6.16 Å². The maximum atomic E-state index is 8.56. The van der Waals surface area contributed by atoms with Crippen molar-refractivity contribution in [2.75, 3.05) is 0 Å². The van der Waals surface area contributed by atoms with Crippen LogP contribution in [0, 0.1) is 0 Å². The molecule has 0 aliphatic heterocycles. The van der Waals surface area contributed by atoms with Crippen LogP contribution in [0.4, 0.5) is 4.79 Å². The monoisotopic (exact) mass is 127 g/mol. The second kappa shape index (κ2) is 15.7. The molecule has 0 heterocycles. The molecule has 6 heteroatoms. The van der Waals surface area contributed by atoms with Crippen molar-refractivity contribution in [3.05, 3.63) is 0 Å². The average molecular weight is 127 g/mol. The number of carbonyl (C=O) groups is 1. The van der Waals surface area contributed by atoms with E-state index >= 15 is 0 Å². The average Bonchev–Trinajstić information content (AvgIpc) is 0.811. The van der Waals surface area contributed by atoms with E-state index in [4.69, 9.17) is 15.0 Å². The van der Waals surface area contributed by atoms with E-state index in [-0.39, 0.29) is 68.1 Å². The third-order valence-corrected chi connectivity index (χ3v) is 0. The number of carboxylic acid groups (broad SMARTS) is 2. The molecule has 0 aromatic carbocycles. The molecule has 0 aromatic rings. The minimum absolute atomic E-state index is 0. The van der Waals surface area contributed by atoms with Crippen LogP contribution in [0.25, 0.3) is 0 Å². The Balaban J connectivity index is -0.00000000450. The number of hydrogen-bond acceptors (Lipinski definition) is 2. The van der Waals surface area contributed by atoms with Gasteiger partial charge in [0.15, 0.2) is 0 Å². The third kappa shape index (κ3) is 131.